The number of carboxylic acids is 2. The molecule has 2 fully saturated rings. The predicted octanol–water partition coefficient (Wildman–Crippen LogP) is 6.63. The zero-order chi connectivity index (χ0) is 54.2. The van der Waals surface area contributed by atoms with E-state index in [2.05, 4.69) is 20.6 Å². The second-order valence-electron chi connectivity index (χ2n) is 20.1. The molecule has 78 heavy (non-hydrogen) atoms. The normalized spacial score (nSPS) is 16.2. The molecule has 18 nitrogen and oxygen atoms in total. The van der Waals surface area contributed by atoms with E-state index in [0.29, 0.717) is 47.7 Å². The number of carbonyl (C=O) groups excluding carboxylic acids is 6. The van der Waals surface area contributed by atoms with Gasteiger partial charge in [0.2, 0.25) is 11.8 Å². The van der Waals surface area contributed by atoms with Crippen molar-refractivity contribution in [3.05, 3.63) is 179 Å². The van der Waals surface area contributed by atoms with E-state index in [1.807, 2.05) is 106 Å². The Kier molecular flexibility index (Phi) is 13.8. The van der Waals surface area contributed by atoms with Crippen LogP contribution in [-0.2, 0) is 54.7 Å². The number of aromatic amines is 2. The summed E-state index contributed by atoms with van der Waals surface area (Å²) >= 11 is 0. The SMILES string of the molecule is O=C(C(=O)N1CCC[C@@H]1C(=O)N[C@@H](Cc1c[nH]c2ccccc12)C(=O)O)c1cn(Cc2ccc(Cn3cc(C(=O)C(=O)N4CCC[C@H]4C(=O)N[C@@H](Cc4c[nH]c5ccccc45)C(=O)O)c4ccccc43)cc2)c2ccccc12. The molecule has 0 saturated carbocycles. The summed E-state index contributed by atoms with van der Waals surface area (Å²) in [4.78, 5) is 117. The van der Waals surface area contributed by atoms with Crippen molar-refractivity contribution in [2.75, 3.05) is 13.1 Å². The summed E-state index contributed by atoms with van der Waals surface area (Å²) in [5, 5.41) is 28.3. The molecular formula is C60H54N8O10. The van der Waals surface area contributed by atoms with Gasteiger partial charge in [0, 0.05) is 107 Å². The predicted molar refractivity (Wildman–Crippen MR) is 290 cm³/mol. The highest BCUT2D eigenvalue weighted by Gasteiger charge is 2.41. The molecule has 0 radical (unpaired) electrons. The van der Waals surface area contributed by atoms with Crippen LogP contribution < -0.4 is 10.6 Å². The summed E-state index contributed by atoms with van der Waals surface area (Å²) in [7, 11) is 0. The van der Waals surface area contributed by atoms with E-state index in [-0.39, 0.29) is 49.9 Å². The number of H-pyrrole nitrogens is 2. The molecule has 5 aromatic carbocycles. The van der Waals surface area contributed by atoms with Crippen LogP contribution in [0.5, 0.6) is 0 Å². The number of nitrogens with zero attached hydrogens (tertiary/aromatic N) is 4. The molecular weight excluding hydrogens is 993 g/mol. The van der Waals surface area contributed by atoms with Crippen LogP contribution in [0.3, 0.4) is 0 Å². The molecule has 2 saturated heterocycles. The molecule has 2 aliphatic rings. The number of ketones is 2. The first-order valence-corrected chi connectivity index (χ1v) is 25.9. The number of Topliss-reactive ketones (excluding diaryl/α,β-unsaturated/α-hetero) is 2. The maximum absolute atomic E-state index is 14.2. The molecule has 9 aromatic rings. The molecule has 6 heterocycles. The summed E-state index contributed by atoms with van der Waals surface area (Å²) < 4.78 is 3.78. The van der Waals surface area contributed by atoms with Crippen LogP contribution in [0.15, 0.2) is 146 Å². The molecule has 11 rings (SSSR count). The zero-order valence-electron chi connectivity index (χ0n) is 42.2. The highest BCUT2D eigenvalue weighted by Crippen LogP contribution is 2.29. The fourth-order valence-corrected chi connectivity index (χ4v) is 11.3. The zero-order valence-corrected chi connectivity index (χ0v) is 42.2. The lowest BCUT2D eigenvalue weighted by Crippen LogP contribution is -2.52. The van der Waals surface area contributed by atoms with Crippen LogP contribution in [-0.4, -0.2) is 124 Å². The third-order valence-corrected chi connectivity index (χ3v) is 15.2. The first-order valence-electron chi connectivity index (χ1n) is 25.9. The molecule has 0 aliphatic carbocycles. The van der Waals surface area contributed by atoms with Crippen molar-refractivity contribution in [3.8, 4) is 0 Å². The highest BCUT2D eigenvalue weighted by molar-refractivity contribution is 6.46. The number of aromatic nitrogens is 4. The molecule has 0 bridgehead atoms. The highest BCUT2D eigenvalue weighted by atomic mass is 16.4. The quantitative estimate of drug-likeness (QED) is 0.0396. The van der Waals surface area contributed by atoms with Crippen LogP contribution in [0.2, 0.25) is 0 Å². The maximum atomic E-state index is 14.2. The molecule has 6 N–H and O–H groups in total. The number of amides is 4. The lowest BCUT2D eigenvalue weighted by Gasteiger charge is -2.25. The number of likely N-dealkylation sites (tertiary alicyclic amines) is 2. The van der Waals surface area contributed by atoms with Gasteiger partial charge in [0.25, 0.3) is 23.4 Å². The maximum Gasteiger partial charge on any atom is 0.326 e. The summed E-state index contributed by atoms with van der Waals surface area (Å²) in [6.07, 6.45) is 8.24. The lowest BCUT2D eigenvalue weighted by molar-refractivity contribution is -0.143. The molecule has 4 amide bonds. The van der Waals surface area contributed by atoms with Gasteiger partial charge < -0.3 is 49.7 Å². The number of rotatable bonds is 18. The van der Waals surface area contributed by atoms with Gasteiger partial charge in [-0.2, -0.15) is 0 Å². The van der Waals surface area contributed by atoms with E-state index in [1.54, 1.807) is 49.1 Å². The van der Waals surface area contributed by atoms with Gasteiger partial charge in [-0.15, -0.1) is 0 Å². The van der Waals surface area contributed by atoms with E-state index in [0.717, 1.165) is 44.1 Å². The molecule has 4 atom stereocenters. The first kappa shape index (κ1) is 50.6. The fraction of sp³-hybridized carbons (Fsp3) is 0.233. The van der Waals surface area contributed by atoms with Gasteiger partial charge in [-0.25, -0.2) is 9.59 Å². The van der Waals surface area contributed by atoms with Gasteiger partial charge in [0.1, 0.15) is 24.2 Å². The Balaban J connectivity index is 0.750. The Morgan fingerprint density at radius 3 is 1.27 bits per heavy atom. The monoisotopic (exact) mass is 1050 g/mol. The van der Waals surface area contributed by atoms with E-state index >= 15 is 0 Å². The summed E-state index contributed by atoms with van der Waals surface area (Å²) in [5.74, 6) is -6.96. The molecule has 0 unspecified atom stereocenters. The molecule has 2 aliphatic heterocycles. The number of para-hydroxylation sites is 4. The number of carbonyl (C=O) groups is 8. The minimum atomic E-state index is -1.27. The van der Waals surface area contributed by atoms with Crippen LogP contribution in [0, 0.1) is 0 Å². The summed E-state index contributed by atoms with van der Waals surface area (Å²) in [6.45, 7) is 1.00. The lowest BCUT2D eigenvalue weighted by atomic mass is 10.0. The van der Waals surface area contributed by atoms with Crippen molar-refractivity contribution in [2.24, 2.45) is 0 Å². The topological polar surface area (TPSA) is 249 Å². The van der Waals surface area contributed by atoms with Crippen LogP contribution in [0.25, 0.3) is 43.6 Å². The summed E-state index contributed by atoms with van der Waals surface area (Å²) in [5.41, 5.74) is 6.68. The van der Waals surface area contributed by atoms with E-state index < -0.39 is 71.3 Å². The Hall–Kier alpha value is -9.58. The Bertz CT molecular complexity index is 3620. The van der Waals surface area contributed by atoms with Crippen LogP contribution in [0.1, 0.15) is 68.7 Å². The third-order valence-electron chi connectivity index (χ3n) is 15.2. The van der Waals surface area contributed by atoms with Crippen molar-refractivity contribution < 1.29 is 48.6 Å². The minimum Gasteiger partial charge on any atom is -0.480 e. The Morgan fingerprint density at radius 2 is 0.872 bits per heavy atom. The number of aliphatic carboxylic acids is 2. The van der Waals surface area contributed by atoms with E-state index in [4.69, 9.17) is 0 Å². The van der Waals surface area contributed by atoms with E-state index in [9.17, 15) is 48.6 Å². The Labute approximate surface area is 445 Å². The van der Waals surface area contributed by atoms with Gasteiger partial charge in [-0.3, -0.25) is 28.8 Å². The Morgan fingerprint density at radius 1 is 0.500 bits per heavy atom. The summed E-state index contributed by atoms with van der Waals surface area (Å²) in [6, 6.07) is 32.6. The molecule has 18 heteroatoms. The van der Waals surface area contributed by atoms with Crippen molar-refractivity contribution in [1.29, 1.82) is 0 Å². The van der Waals surface area contributed by atoms with Crippen LogP contribution in [0.4, 0.5) is 0 Å². The second kappa shape index (κ2) is 21.2. The van der Waals surface area contributed by atoms with Gasteiger partial charge in [-0.1, -0.05) is 97.1 Å². The molecule has 4 aromatic heterocycles. The number of benzene rings is 5. The van der Waals surface area contributed by atoms with Crippen molar-refractivity contribution in [2.45, 2.75) is 75.8 Å². The molecule has 394 valence electrons. The first-order chi connectivity index (χ1) is 37.8. The van der Waals surface area contributed by atoms with Gasteiger partial charge in [0.05, 0.1) is 11.1 Å². The number of fused-ring (bicyclic) bond motifs is 4. The largest absolute Gasteiger partial charge is 0.480 e. The van der Waals surface area contributed by atoms with E-state index in [1.165, 1.54) is 9.80 Å². The standard InChI is InChI=1S/C60H54N8O10/c69-53(57(73)67-25-9-19-51(67)55(71)63-47(59(75)76)27-37-29-61-45-15-5-1-11-39(37)45)43-33-65(49-17-7-3-13-41(43)49)31-35-21-23-36(24-22-35)32-66-34-44(42-14-4-8-18-50(42)66)54(70)58(74)68-26-10-20-52(68)56(72)64-48(60(77)78)28-38-30-62-46-16-6-2-12-40(38)46/h1-8,11-18,21-24,29-30,33-34,47-48,51-52,61-62H,9-10,19-20,25-28,31-32H2,(H,63,71)(H,64,72)(H,75,76)(H,77,78)/t47-,48-,51-,52+/m0/s1. The van der Waals surface area contributed by atoms with Crippen molar-refractivity contribution >= 4 is 90.7 Å². The minimum absolute atomic E-state index is 0.0185. The number of carboxylic acid groups (broad SMARTS) is 2. The smallest absolute Gasteiger partial charge is 0.326 e. The number of hydrogen-bond acceptors (Lipinski definition) is 8. The van der Waals surface area contributed by atoms with Crippen LogP contribution >= 0.6 is 0 Å². The fourth-order valence-electron chi connectivity index (χ4n) is 11.3. The molecule has 0 spiro atoms. The second-order valence-corrected chi connectivity index (χ2v) is 20.1. The van der Waals surface area contributed by atoms with Gasteiger partial charge >= 0.3 is 11.9 Å². The van der Waals surface area contributed by atoms with Crippen molar-refractivity contribution in [1.82, 2.24) is 39.5 Å². The number of hydrogen-bond donors (Lipinski definition) is 6. The van der Waals surface area contributed by atoms with Crippen molar-refractivity contribution in [3.63, 3.8) is 0 Å². The average Bonchev–Trinajstić information content (AvgIpc) is 4.36. The van der Waals surface area contributed by atoms with Gasteiger partial charge in [-0.05, 0) is 72.2 Å². The third kappa shape index (κ3) is 9.79. The average molecular weight is 1050 g/mol. The van der Waals surface area contributed by atoms with Gasteiger partial charge in [0.15, 0.2) is 0 Å². The number of nitrogens with one attached hydrogen (secondary N) is 4.